The molecule has 2 aromatic carbocycles. The Balaban J connectivity index is 1.18. The van der Waals surface area contributed by atoms with Crippen LogP contribution >= 0.6 is 46.2 Å². The maximum atomic E-state index is 13.6. The Labute approximate surface area is 311 Å². The van der Waals surface area contributed by atoms with Crippen LogP contribution in [0.2, 0.25) is 0 Å². The van der Waals surface area contributed by atoms with E-state index < -0.39 is 0 Å². The summed E-state index contributed by atoms with van der Waals surface area (Å²) in [5.41, 5.74) is 6.13. The molecule has 0 N–H and O–H groups in total. The number of benzene rings is 2. The minimum atomic E-state index is 0.00482. The van der Waals surface area contributed by atoms with Crippen molar-refractivity contribution in [2.45, 2.75) is 160 Å². The predicted octanol–water partition coefficient (Wildman–Crippen LogP) is 14.8. The fourth-order valence-electron chi connectivity index (χ4n) is 7.34. The number of hydrogen-bond acceptors (Lipinski definition) is 7. The summed E-state index contributed by atoms with van der Waals surface area (Å²) in [7, 11) is 0. The number of thioether (sulfide) groups is 1. The Morgan fingerprint density at radius 2 is 1.37 bits per heavy atom. The second kappa shape index (κ2) is 15.8. The minimum Gasteiger partial charge on any atom is -0.293 e. The first kappa shape index (κ1) is 37.0. The van der Waals surface area contributed by atoms with Gasteiger partial charge in [0.2, 0.25) is 0 Å². The fraction of sp³-hybridized carbons (Fsp3) is 0.595. The minimum absolute atomic E-state index is 0.00482. The summed E-state index contributed by atoms with van der Waals surface area (Å²) in [6.07, 6.45) is 19.0. The summed E-state index contributed by atoms with van der Waals surface area (Å²) >= 11 is 7.03. The first-order valence-corrected chi connectivity index (χ1v) is 22.2. The number of fused-ring (bicyclic) bond motifs is 7. The van der Waals surface area contributed by atoms with E-state index in [1.165, 1.54) is 135 Å². The molecule has 0 saturated heterocycles. The van der Waals surface area contributed by atoms with E-state index in [-0.39, 0.29) is 10.8 Å². The number of thiophene rings is 2. The standard InChI is InChI=1S/C42H56N2OS4/c1-8-9-10-11-12-13-14-15-16-17-18-19-20-21-32(45)34-25-28-29-24-33(27-22-23-31(41(2,3)4)37-36(27)43-49-44-37)46-39(29)40-30(38(28)47-34)26-35(48-40)42(5,6)7/h22-25,35H,8-21,26H2,1-7H3. The van der Waals surface area contributed by atoms with Crippen molar-refractivity contribution in [3.05, 3.63) is 40.3 Å². The molecule has 264 valence electrons. The maximum Gasteiger partial charge on any atom is 0.172 e. The maximum absolute atomic E-state index is 13.6. The number of carbonyl (C=O) groups is 1. The van der Waals surface area contributed by atoms with Gasteiger partial charge in [-0.1, -0.05) is 138 Å². The van der Waals surface area contributed by atoms with E-state index in [2.05, 4.69) is 84.5 Å². The molecule has 0 aliphatic carbocycles. The molecule has 0 saturated carbocycles. The van der Waals surface area contributed by atoms with Crippen LogP contribution in [0.25, 0.3) is 41.6 Å². The van der Waals surface area contributed by atoms with Gasteiger partial charge in [0, 0.05) is 47.2 Å². The topological polar surface area (TPSA) is 42.9 Å². The van der Waals surface area contributed by atoms with Crippen LogP contribution in [0, 0.1) is 5.41 Å². The summed E-state index contributed by atoms with van der Waals surface area (Å²) in [5.74, 6) is 0.327. The molecule has 3 nitrogen and oxygen atoms in total. The van der Waals surface area contributed by atoms with Crippen LogP contribution in [0.1, 0.15) is 159 Å². The molecule has 0 spiro atoms. The van der Waals surface area contributed by atoms with Crippen LogP contribution in [0.3, 0.4) is 0 Å². The van der Waals surface area contributed by atoms with Crippen molar-refractivity contribution < 1.29 is 4.79 Å². The van der Waals surface area contributed by atoms with Gasteiger partial charge in [-0.05, 0) is 46.9 Å². The molecule has 1 atom stereocenters. The quantitative estimate of drug-likeness (QED) is 0.0748. The van der Waals surface area contributed by atoms with Crippen molar-refractivity contribution in [2.75, 3.05) is 0 Å². The van der Waals surface area contributed by atoms with E-state index in [0.717, 1.165) is 28.8 Å². The fourth-order valence-corrected chi connectivity index (χ4v) is 12.1. The van der Waals surface area contributed by atoms with Crippen LogP contribution < -0.4 is 0 Å². The van der Waals surface area contributed by atoms with Crippen LogP contribution in [0.4, 0.5) is 0 Å². The molecule has 49 heavy (non-hydrogen) atoms. The Hall–Kier alpha value is -1.80. The lowest BCUT2D eigenvalue weighted by molar-refractivity contribution is 0.0983. The van der Waals surface area contributed by atoms with Gasteiger partial charge in [0.1, 0.15) is 11.0 Å². The van der Waals surface area contributed by atoms with Crippen molar-refractivity contribution in [3.63, 3.8) is 0 Å². The van der Waals surface area contributed by atoms with E-state index >= 15 is 0 Å². The monoisotopic (exact) mass is 732 g/mol. The predicted molar refractivity (Wildman–Crippen MR) is 220 cm³/mol. The number of ketones is 1. The number of unbranched alkanes of at least 4 members (excludes halogenated alkanes) is 12. The number of carbonyl (C=O) groups excluding carboxylic acids is 1. The zero-order chi connectivity index (χ0) is 34.8. The van der Waals surface area contributed by atoms with E-state index in [1.54, 1.807) is 11.3 Å². The average molecular weight is 733 g/mol. The molecule has 1 aliphatic heterocycles. The normalized spacial score (nSPS) is 15.3. The molecule has 0 bridgehead atoms. The lowest BCUT2D eigenvalue weighted by Gasteiger charge is -2.25. The molecule has 1 aliphatic rings. The Bertz CT molecular complexity index is 1900. The number of nitrogens with zero attached hydrogens (tertiary/aromatic N) is 2. The van der Waals surface area contributed by atoms with Gasteiger partial charge < -0.3 is 0 Å². The second-order valence-corrected chi connectivity index (χ2v) is 20.3. The Morgan fingerprint density at radius 3 is 2.00 bits per heavy atom. The molecular formula is C42H56N2OS4. The van der Waals surface area contributed by atoms with Crippen LogP contribution in [-0.2, 0) is 11.8 Å². The number of hydrogen-bond donors (Lipinski definition) is 0. The highest BCUT2D eigenvalue weighted by molar-refractivity contribution is 8.00. The van der Waals surface area contributed by atoms with Gasteiger partial charge in [0.25, 0.3) is 0 Å². The van der Waals surface area contributed by atoms with Crippen molar-refractivity contribution >= 4 is 83.2 Å². The largest absolute Gasteiger partial charge is 0.293 e. The summed E-state index contributed by atoms with van der Waals surface area (Å²) < 4.78 is 12.3. The molecule has 0 fully saturated rings. The zero-order valence-corrected chi connectivity index (χ0v) is 34.2. The summed E-state index contributed by atoms with van der Waals surface area (Å²) in [5, 5.41) is 3.08. The number of Topliss-reactive ketones (excluding diaryl/α,β-unsaturated/α-hetero) is 1. The van der Waals surface area contributed by atoms with Crippen molar-refractivity contribution in [3.8, 4) is 10.4 Å². The highest BCUT2D eigenvalue weighted by Gasteiger charge is 2.36. The molecule has 4 heterocycles. The molecular weight excluding hydrogens is 677 g/mol. The van der Waals surface area contributed by atoms with Gasteiger partial charge in [-0.2, -0.15) is 8.75 Å². The molecule has 0 radical (unpaired) electrons. The zero-order valence-electron chi connectivity index (χ0n) is 30.9. The first-order chi connectivity index (χ1) is 23.5. The van der Waals surface area contributed by atoms with Gasteiger partial charge in [-0.15, -0.1) is 34.4 Å². The van der Waals surface area contributed by atoms with E-state index in [4.69, 9.17) is 8.75 Å². The summed E-state index contributed by atoms with van der Waals surface area (Å²) in [6, 6.07) is 9.13. The molecule has 3 aromatic heterocycles. The third-order valence-electron chi connectivity index (χ3n) is 10.4. The summed E-state index contributed by atoms with van der Waals surface area (Å²) in [4.78, 5) is 17.3. The molecule has 0 amide bonds. The molecule has 6 rings (SSSR count). The van der Waals surface area contributed by atoms with Gasteiger partial charge in [-0.3, -0.25) is 4.79 Å². The highest BCUT2D eigenvalue weighted by atomic mass is 32.2. The van der Waals surface area contributed by atoms with Crippen LogP contribution in [0.5, 0.6) is 0 Å². The highest BCUT2D eigenvalue weighted by Crippen LogP contribution is 2.55. The smallest absolute Gasteiger partial charge is 0.172 e. The van der Waals surface area contributed by atoms with E-state index in [0.29, 0.717) is 17.5 Å². The first-order valence-electron chi connectivity index (χ1n) is 18.9. The lowest BCUT2D eigenvalue weighted by atomic mass is 9.85. The average Bonchev–Trinajstić information content (AvgIpc) is 3.85. The van der Waals surface area contributed by atoms with E-state index in [1.807, 2.05) is 11.3 Å². The lowest BCUT2D eigenvalue weighted by Crippen LogP contribution is -2.22. The number of aromatic nitrogens is 2. The van der Waals surface area contributed by atoms with E-state index in [9.17, 15) is 4.79 Å². The second-order valence-electron chi connectivity index (χ2n) is 16.5. The van der Waals surface area contributed by atoms with Gasteiger partial charge in [-0.25, -0.2) is 0 Å². The molecule has 7 heteroatoms. The van der Waals surface area contributed by atoms with Crippen molar-refractivity contribution in [1.82, 2.24) is 8.75 Å². The Kier molecular flexibility index (Phi) is 12.0. The third kappa shape index (κ3) is 8.31. The third-order valence-corrected chi connectivity index (χ3v) is 15.3. The van der Waals surface area contributed by atoms with Crippen molar-refractivity contribution in [2.24, 2.45) is 5.41 Å². The van der Waals surface area contributed by atoms with Gasteiger partial charge >= 0.3 is 0 Å². The molecule has 1 unspecified atom stereocenters. The molecule has 5 aromatic rings. The van der Waals surface area contributed by atoms with Gasteiger partial charge in [0.15, 0.2) is 5.78 Å². The summed E-state index contributed by atoms with van der Waals surface area (Å²) in [6.45, 7) is 16.1. The number of rotatable bonds is 16. The van der Waals surface area contributed by atoms with Crippen LogP contribution in [-0.4, -0.2) is 19.8 Å². The SMILES string of the molecule is CCCCCCCCCCCCCCCC(=O)c1cc2c(s1)c1c(c3sc(-c4ccc(C(C)(C)C)c5nsnc45)cc32)SC(C(C)(C)C)C1. The Morgan fingerprint density at radius 1 is 0.755 bits per heavy atom. The van der Waals surface area contributed by atoms with Crippen LogP contribution in [0.15, 0.2) is 29.2 Å². The van der Waals surface area contributed by atoms with Gasteiger partial charge in [0.05, 0.1) is 16.6 Å². The van der Waals surface area contributed by atoms with Crippen molar-refractivity contribution in [1.29, 1.82) is 0 Å².